The third kappa shape index (κ3) is 3.74. The van der Waals surface area contributed by atoms with Crippen molar-refractivity contribution in [2.75, 3.05) is 6.54 Å². The zero-order valence-corrected chi connectivity index (χ0v) is 11.9. The minimum atomic E-state index is -0.564. The molecule has 2 rings (SSSR count). The molecule has 102 valence electrons. The fourth-order valence-corrected chi connectivity index (χ4v) is 2.60. The van der Waals surface area contributed by atoms with Crippen molar-refractivity contribution in [1.29, 1.82) is 0 Å². The molecule has 0 atom stereocenters. The molecule has 1 saturated carbocycles. The average molecular weight is 272 g/mol. The van der Waals surface area contributed by atoms with E-state index in [1.807, 2.05) is 6.07 Å². The molecule has 1 aliphatic rings. The Labute approximate surface area is 114 Å². The molecule has 1 aromatic rings. The van der Waals surface area contributed by atoms with Gasteiger partial charge in [0.05, 0.1) is 12.1 Å². The lowest BCUT2D eigenvalue weighted by molar-refractivity contribution is -0.0247. The molecule has 1 heterocycles. The fourth-order valence-electron chi connectivity index (χ4n) is 2.43. The number of nitrogens with one attached hydrogen (secondary N) is 1. The van der Waals surface area contributed by atoms with Crippen LogP contribution >= 0.6 is 11.6 Å². The molecule has 0 saturated heterocycles. The molecular weight excluding hydrogens is 250 g/mol. The van der Waals surface area contributed by atoms with Crippen molar-refractivity contribution in [3.05, 3.63) is 23.1 Å². The molecule has 0 unspecified atom stereocenters. The van der Waals surface area contributed by atoms with Crippen molar-refractivity contribution < 1.29 is 9.52 Å². The van der Waals surface area contributed by atoms with Gasteiger partial charge in [0.2, 0.25) is 0 Å². The smallest absolute Gasteiger partial charge is 0.193 e. The Morgan fingerprint density at radius 1 is 1.28 bits per heavy atom. The van der Waals surface area contributed by atoms with E-state index in [1.54, 1.807) is 6.07 Å². The van der Waals surface area contributed by atoms with Crippen LogP contribution in [0.2, 0.25) is 5.22 Å². The largest absolute Gasteiger partial charge is 0.448 e. The topological polar surface area (TPSA) is 45.4 Å². The number of hydrogen-bond acceptors (Lipinski definition) is 3. The number of halogens is 1. The molecule has 1 fully saturated rings. The zero-order valence-electron chi connectivity index (χ0n) is 11.1. The van der Waals surface area contributed by atoms with E-state index in [9.17, 15) is 5.11 Å². The monoisotopic (exact) mass is 271 g/mol. The van der Waals surface area contributed by atoms with E-state index < -0.39 is 5.60 Å². The van der Waals surface area contributed by atoms with Crippen LogP contribution in [0.5, 0.6) is 0 Å². The highest BCUT2D eigenvalue weighted by atomic mass is 35.5. The van der Waals surface area contributed by atoms with Crippen LogP contribution in [0.25, 0.3) is 0 Å². The third-order valence-corrected chi connectivity index (χ3v) is 4.12. The molecule has 18 heavy (non-hydrogen) atoms. The van der Waals surface area contributed by atoms with Crippen molar-refractivity contribution in [1.82, 2.24) is 5.32 Å². The molecule has 4 heteroatoms. The second-order valence-electron chi connectivity index (χ2n) is 6.20. The summed E-state index contributed by atoms with van der Waals surface area (Å²) in [5.74, 6) is 0.805. The van der Waals surface area contributed by atoms with E-state index in [0.717, 1.165) is 31.4 Å². The summed E-state index contributed by atoms with van der Waals surface area (Å²) in [6.07, 6.45) is 3.90. The maximum atomic E-state index is 10.5. The summed E-state index contributed by atoms with van der Waals surface area (Å²) >= 11 is 5.70. The molecular formula is C14H22ClNO2. The highest BCUT2D eigenvalue weighted by molar-refractivity contribution is 6.28. The summed E-state index contributed by atoms with van der Waals surface area (Å²) in [6, 6.07) is 3.58. The molecule has 0 amide bonds. The molecule has 1 aliphatic carbocycles. The van der Waals surface area contributed by atoms with Crippen molar-refractivity contribution in [3.8, 4) is 0 Å². The molecule has 0 bridgehead atoms. The highest BCUT2D eigenvalue weighted by Crippen LogP contribution is 2.39. The summed E-state index contributed by atoms with van der Waals surface area (Å²) in [4.78, 5) is 0. The number of aliphatic hydroxyl groups is 1. The first-order chi connectivity index (χ1) is 8.39. The van der Waals surface area contributed by atoms with E-state index in [-0.39, 0.29) is 0 Å². The summed E-state index contributed by atoms with van der Waals surface area (Å²) in [5.41, 5.74) is -0.188. The van der Waals surface area contributed by atoms with Gasteiger partial charge in [0.15, 0.2) is 5.22 Å². The van der Waals surface area contributed by atoms with Crippen molar-refractivity contribution in [3.63, 3.8) is 0 Å². The van der Waals surface area contributed by atoms with Gasteiger partial charge in [-0.25, -0.2) is 0 Å². The van der Waals surface area contributed by atoms with Crippen LogP contribution in [-0.4, -0.2) is 17.3 Å². The van der Waals surface area contributed by atoms with E-state index in [4.69, 9.17) is 16.0 Å². The SMILES string of the molecule is CC1(C)CCC(O)(CNCc2ccc(Cl)o2)CC1. The lowest BCUT2D eigenvalue weighted by atomic mass is 9.71. The Hall–Kier alpha value is -0.510. The van der Waals surface area contributed by atoms with Gasteiger partial charge in [0.25, 0.3) is 0 Å². The van der Waals surface area contributed by atoms with E-state index >= 15 is 0 Å². The van der Waals surface area contributed by atoms with Gasteiger partial charge in [-0.15, -0.1) is 0 Å². The molecule has 2 N–H and O–H groups in total. The Morgan fingerprint density at radius 3 is 2.50 bits per heavy atom. The second kappa shape index (κ2) is 5.24. The second-order valence-corrected chi connectivity index (χ2v) is 6.57. The number of rotatable bonds is 4. The predicted molar refractivity (Wildman–Crippen MR) is 72.6 cm³/mol. The average Bonchev–Trinajstić information content (AvgIpc) is 2.70. The Bertz CT molecular complexity index is 390. The molecule has 3 nitrogen and oxygen atoms in total. The van der Waals surface area contributed by atoms with Crippen LogP contribution in [0.4, 0.5) is 0 Å². The first kappa shape index (κ1) is 13.9. The van der Waals surface area contributed by atoms with E-state index in [0.29, 0.717) is 23.7 Å². The van der Waals surface area contributed by atoms with Gasteiger partial charge in [-0.05, 0) is 54.8 Å². The number of furan rings is 1. The predicted octanol–water partition coefficient (Wildman–Crippen LogP) is 3.35. The lowest BCUT2D eigenvalue weighted by Crippen LogP contribution is -2.44. The quantitative estimate of drug-likeness (QED) is 0.883. The standard InChI is InChI=1S/C14H22ClNO2/c1-13(2)5-7-14(17,8-6-13)10-16-9-11-3-4-12(15)18-11/h3-4,16-17H,5-10H2,1-2H3. The Kier molecular flexibility index (Phi) is 4.05. The third-order valence-electron chi connectivity index (χ3n) is 3.92. The first-order valence-corrected chi connectivity index (χ1v) is 6.94. The van der Waals surface area contributed by atoms with Gasteiger partial charge in [-0.1, -0.05) is 13.8 Å². The van der Waals surface area contributed by atoms with Crippen LogP contribution < -0.4 is 5.32 Å². The van der Waals surface area contributed by atoms with Gasteiger partial charge < -0.3 is 14.8 Å². The summed E-state index contributed by atoms with van der Waals surface area (Å²) in [7, 11) is 0. The summed E-state index contributed by atoms with van der Waals surface area (Å²) < 4.78 is 5.26. The van der Waals surface area contributed by atoms with Gasteiger partial charge in [0, 0.05) is 6.54 Å². The lowest BCUT2D eigenvalue weighted by Gasteiger charge is -2.40. The molecule has 0 spiro atoms. The number of hydrogen-bond donors (Lipinski definition) is 2. The molecule has 1 aromatic heterocycles. The van der Waals surface area contributed by atoms with Crippen LogP contribution in [-0.2, 0) is 6.54 Å². The van der Waals surface area contributed by atoms with Crippen molar-refractivity contribution in [2.24, 2.45) is 5.41 Å². The van der Waals surface area contributed by atoms with Crippen molar-refractivity contribution >= 4 is 11.6 Å². The van der Waals surface area contributed by atoms with Crippen LogP contribution in [0.1, 0.15) is 45.3 Å². The van der Waals surface area contributed by atoms with Gasteiger partial charge in [0.1, 0.15) is 5.76 Å². The normalized spacial score (nSPS) is 22.0. The molecule has 0 aromatic carbocycles. The Balaban J connectivity index is 1.76. The maximum absolute atomic E-state index is 10.5. The molecule has 0 radical (unpaired) electrons. The molecule has 0 aliphatic heterocycles. The van der Waals surface area contributed by atoms with E-state index in [2.05, 4.69) is 19.2 Å². The fraction of sp³-hybridized carbons (Fsp3) is 0.714. The minimum Gasteiger partial charge on any atom is -0.448 e. The summed E-state index contributed by atoms with van der Waals surface area (Å²) in [6.45, 7) is 5.76. The highest BCUT2D eigenvalue weighted by Gasteiger charge is 2.36. The summed E-state index contributed by atoms with van der Waals surface area (Å²) in [5, 5.41) is 14.1. The Morgan fingerprint density at radius 2 is 1.94 bits per heavy atom. The van der Waals surface area contributed by atoms with Gasteiger partial charge in [-0.2, -0.15) is 0 Å². The minimum absolute atomic E-state index is 0.376. The van der Waals surface area contributed by atoms with Crippen LogP contribution in [0.3, 0.4) is 0 Å². The van der Waals surface area contributed by atoms with Crippen LogP contribution in [0.15, 0.2) is 16.5 Å². The van der Waals surface area contributed by atoms with E-state index in [1.165, 1.54) is 0 Å². The van der Waals surface area contributed by atoms with Gasteiger partial charge >= 0.3 is 0 Å². The van der Waals surface area contributed by atoms with Crippen LogP contribution in [0, 0.1) is 5.41 Å². The first-order valence-electron chi connectivity index (χ1n) is 6.56. The van der Waals surface area contributed by atoms with Crippen molar-refractivity contribution in [2.45, 2.75) is 51.7 Å². The maximum Gasteiger partial charge on any atom is 0.193 e. The van der Waals surface area contributed by atoms with Gasteiger partial charge in [-0.3, -0.25) is 0 Å². The zero-order chi connectivity index (χ0) is 13.2.